The van der Waals surface area contributed by atoms with Gasteiger partial charge >= 0.3 is 0 Å². The second kappa shape index (κ2) is 7.04. The van der Waals surface area contributed by atoms with Crippen LogP contribution in [0.25, 0.3) is 22.5 Å². The number of benzene rings is 1. The smallest absolute Gasteiger partial charge is 0.264 e. The molecule has 2 heterocycles. The highest BCUT2D eigenvalue weighted by Crippen LogP contribution is 2.34. The summed E-state index contributed by atoms with van der Waals surface area (Å²) in [5.41, 5.74) is 3.07. The van der Waals surface area contributed by atoms with E-state index in [9.17, 15) is 4.79 Å². The van der Waals surface area contributed by atoms with E-state index in [1.54, 1.807) is 6.07 Å². The lowest BCUT2D eigenvalue weighted by molar-refractivity contribution is 0.995. The maximum atomic E-state index is 11.2. The van der Waals surface area contributed by atoms with E-state index in [1.807, 2.05) is 37.3 Å². The van der Waals surface area contributed by atoms with Gasteiger partial charge in [-0.2, -0.15) is 10.2 Å². The molecule has 114 valence electrons. The van der Waals surface area contributed by atoms with Crippen LogP contribution < -0.4 is 10.9 Å². The summed E-state index contributed by atoms with van der Waals surface area (Å²) in [6.07, 6.45) is 0. The number of anilines is 1. The Morgan fingerprint density at radius 1 is 1.05 bits per heavy atom. The second-order valence-electron chi connectivity index (χ2n) is 4.53. The Morgan fingerprint density at radius 2 is 1.82 bits per heavy atom. The van der Waals surface area contributed by atoms with Gasteiger partial charge in [0, 0.05) is 18.2 Å². The maximum Gasteiger partial charge on any atom is 0.264 e. The van der Waals surface area contributed by atoms with Gasteiger partial charge < -0.3 is 5.32 Å². The van der Waals surface area contributed by atoms with Crippen LogP contribution in [0.5, 0.6) is 0 Å². The Bertz CT molecular complexity index is 777. The Balaban J connectivity index is 0.00000176. The third-order valence-corrected chi connectivity index (χ3v) is 3.10. The highest BCUT2D eigenvalue weighted by atomic mass is 79.9. The zero-order valence-corrected chi connectivity index (χ0v) is 13.7. The van der Waals surface area contributed by atoms with E-state index in [4.69, 9.17) is 0 Å². The van der Waals surface area contributed by atoms with Gasteiger partial charge in [0.15, 0.2) is 0 Å². The van der Waals surface area contributed by atoms with Crippen molar-refractivity contribution in [2.75, 3.05) is 11.9 Å². The molecule has 22 heavy (non-hydrogen) atoms. The van der Waals surface area contributed by atoms with Crippen LogP contribution in [-0.4, -0.2) is 26.9 Å². The van der Waals surface area contributed by atoms with Crippen LogP contribution in [0, 0.1) is 0 Å². The molecule has 3 rings (SSSR count). The predicted molar refractivity (Wildman–Crippen MR) is 92.4 cm³/mol. The van der Waals surface area contributed by atoms with Crippen LogP contribution in [0.4, 0.5) is 5.82 Å². The quantitative estimate of drug-likeness (QED) is 0.666. The average Bonchev–Trinajstić information content (AvgIpc) is 2.93. The predicted octanol–water partition coefficient (Wildman–Crippen LogP) is 2.84. The first-order valence-electron chi connectivity index (χ1n) is 6.73. The van der Waals surface area contributed by atoms with Gasteiger partial charge in [-0.15, -0.1) is 17.0 Å². The molecule has 0 aliphatic heterocycles. The number of nitrogens with one attached hydrogen (secondary N) is 3. The highest BCUT2D eigenvalue weighted by molar-refractivity contribution is 8.93. The molecule has 0 amide bonds. The largest absolute Gasteiger partial charge is 0.370 e. The third kappa shape index (κ3) is 3.09. The maximum absolute atomic E-state index is 11.2. The Kier molecular flexibility index (Phi) is 5.11. The zero-order chi connectivity index (χ0) is 14.7. The Labute approximate surface area is 137 Å². The second-order valence-corrected chi connectivity index (χ2v) is 4.53. The summed E-state index contributed by atoms with van der Waals surface area (Å²) < 4.78 is 0. The average molecular weight is 362 g/mol. The summed E-state index contributed by atoms with van der Waals surface area (Å²) >= 11 is 0. The van der Waals surface area contributed by atoms with Crippen molar-refractivity contribution >= 4 is 22.8 Å². The molecular formula is C15H16BrN5O. The van der Waals surface area contributed by atoms with Crippen LogP contribution in [0.3, 0.4) is 0 Å². The molecule has 0 radical (unpaired) electrons. The lowest BCUT2D eigenvalue weighted by Gasteiger charge is -2.06. The number of nitrogens with zero attached hydrogens (tertiary/aromatic N) is 2. The minimum Gasteiger partial charge on any atom is -0.370 e. The van der Waals surface area contributed by atoms with E-state index < -0.39 is 0 Å². The summed E-state index contributed by atoms with van der Waals surface area (Å²) in [6.45, 7) is 2.76. The zero-order valence-electron chi connectivity index (χ0n) is 12.0. The van der Waals surface area contributed by atoms with Gasteiger partial charge in [-0.3, -0.25) is 9.89 Å². The number of rotatable bonds is 4. The van der Waals surface area contributed by atoms with E-state index in [1.165, 1.54) is 6.07 Å². The number of H-pyrrole nitrogens is 2. The van der Waals surface area contributed by atoms with Crippen LogP contribution in [0.2, 0.25) is 0 Å². The summed E-state index contributed by atoms with van der Waals surface area (Å²) in [7, 11) is 0. The number of hydrogen-bond acceptors (Lipinski definition) is 4. The molecular weight excluding hydrogens is 346 g/mol. The van der Waals surface area contributed by atoms with Crippen molar-refractivity contribution < 1.29 is 0 Å². The molecule has 0 aliphatic carbocycles. The molecule has 6 nitrogen and oxygen atoms in total. The molecule has 0 atom stereocenters. The molecule has 0 bridgehead atoms. The fourth-order valence-corrected chi connectivity index (χ4v) is 2.18. The van der Waals surface area contributed by atoms with Crippen molar-refractivity contribution in [2.45, 2.75) is 6.92 Å². The van der Waals surface area contributed by atoms with E-state index in [0.717, 1.165) is 29.2 Å². The molecule has 3 N–H and O–H groups in total. The molecule has 1 aromatic carbocycles. The number of halogens is 1. The Morgan fingerprint density at radius 3 is 2.45 bits per heavy atom. The van der Waals surface area contributed by atoms with Crippen molar-refractivity contribution in [3.8, 4) is 22.5 Å². The van der Waals surface area contributed by atoms with Gasteiger partial charge in [0.05, 0.1) is 11.3 Å². The molecule has 0 unspecified atom stereocenters. The summed E-state index contributed by atoms with van der Waals surface area (Å²) in [5, 5.41) is 17.2. The van der Waals surface area contributed by atoms with Crippen molar-refractivity contribution in [3.63, 3.8) is 0 Å². The van der Waals surface area contributed by atoms with Crippen molar-refractivity contribution in [1.29, 1.82) is 0 Å². The van der Waals surface area contributed by atoms with Gasteiger partial charge in [-0.25, -0.2) is 5.10 Å². The van der Waals surface area contributed by atoms with Gasteiger partial charge in [0.1, 0.15) is 11.5 Å². The number of aromatic amines is 2. The summed E-state index contributed by atoms with van der Waals surface area (Å²) in [6, 6.07) is 13.0. The van der Waals surface area contributed by atoms with Crippen molar-refractivity contribution in [1.82, 2.24) is 20.4 Å². The minimum absolute atomic E-state index is 0. The van der Waals surface area contributed by atoms with Gasteiger partial charge in [0.2, 0.25) is 0 Å². The lowest BCUT2D eigenvalue weighted by Crippen LogP contribution is -2.06. The fraction of sp³-hybridized carbons (Fsp3) is 0.133. The van der Waals surface area contributed by atoms with Crippen LogP contribution in [-0.2, 0) is 0 Å². The fourth-order valence-electron chi connectivity index (χ4n) is 2.18. The van der Waals surface area contributed by atoms with Crippen LogP contribution in [0.15, 0.2) is 47.3 Å². The van der Waals surface area contributed by atoms with Crippen molar-refractivity contribution in [3.05, 3.63) is 52.8 Å². The molecule has 0 saturated heterocycles. The standard InChI is InChI=1S/C15H15N5O.BrH/c1-2-16-15-13(11-8-9-12(21)18-17-11)14(19-20-15)10-6-4-3-5-7-10;/h3-9H,2H2,1H3,(H,18,21)(H2,16,19,20);1H. The first-order valence-corrected chi connectivity index (χ1v) is 6.73. The SMILES string of the molecule is Br.CCNc1[nH]nc(-c2ccccc2)c1-c1ccc(=O)[nH]n1. The summed E-state index contributed by atoms with van der Waals surface area (Å²) in [4.78, 5) is 11.2. The molecule has 7 heteroatoms. The molecule has 0 fully saturated rings. The van der Waals surface area contributed by atoms with Gasteiger partial charge in [-0.05, 0) is 13.0 Å². The number of hydrogen-bond donors (Lipinski definition) is 3. The summed E-state index contributed by atoms with van der Waals surface area (Å²) in [5.74, 6) is 0.788. The molecule has 0 saturated carbocycles. The highest BCUT2D eigenvalue weighted by Gasteiger charge is 2.17. The van der Waals surface area contributed by atoms with Gasteiger partial charge in [0.25, 0.3) is 5.56 Å². The monoisotopic (exact) mass is 361 g/mol. The minimum atomic E-state index is -0.228. The molecule has 3 aromatic rings. The van der Waals surface area contributed by atoms with E-state index in [2.05, 4.69) is 25.7 Å². The third-order valence-electron chi connectivity index (χ3n) is 3.10. The molecule has 0 spiro atoms. The van der Waals surface area contributed by atoms with Gasteiger partial charge in [-0.1, -0.05) is 30.3 Å². The normalized spacial score (nSPS) is 10.0. The van der Waals surface area contributed by atoms with E-state index >= 15 is 0 Å². The van der Waals surface area contributed by atoms with E-state index in [-0.39, 0.29) is 22.5 Å². The Hall–Kier alpha value is -2.41. The first kappa shape index (κ1) is 16.0. The van der Waals surface area contributed by atoms with Crippen molar-refractivity contribution in [2.24, 2.45) is 0 Å². The first-order chi connectivity index (χ1) is 10.3. The molecule has 0 aliphatic rings. The number of aromatic nitrogens is 4. The van der Waals surface area contributed by atoms with E-state index in [0.29, 0.717) is 5.69 Å². The van der Waals surface area contributed by atoms with Crippen LogP contribution in [0.1, 0.15) is 6.92 Å². The van der Waals surface area contributed by atoms with Crippen LogP contribution >= 0.6 is 17.0 Å². The molecule has 2 aromatic heterocycles. The lowest BCUT2D eigenvalue weighted by atomic mass is 10.0. The topological polar surface area (TPSA) is 86.5 Å².